The van der Waals surface area contributed by atoms with Gasteiger partial charge in [0.1, 0.15) is 5.75 Å². The molecule has 0 aromatic heterocycles. The molecule has 8 heteroatoms. The van der Waals surface area contributed by atoms with Crippen LogP contribution in [-0.2, 0) is 9.84 Å². The maximum atomic E-state index is 12.5. The Hall–Kier alpha value is -1.47. The summed E-state index contributed by atoms with van der Waals surface area (Å²) < 4.78 is 29.4. The average Bonchev–Trinajstić information content (AvgIpc) is 2.50. The number of anilines is 1. The summed E-state index contributed by atoms with van der Waals surface area (Å²) in [6, 6.07) is 4.79. The Balaban J connectivity index is 1.66. The molecule has 0 bridgehead atoms. The normalized spacial score (nSPS) is 23.0. The Kier molecular flexibility index (Phi) is 5.43. The summed E-state index contributed by atoms with van der Waals surface area (Å²) >= 11 is 6.05. The van der Waals surface area contributed by atoms with E-state index in [1.165, 1.54) is 24.2 Å². The van der Waals surface area contributed by atoms with Gasteiger partial charge in [0.15, 0.2) is 9.84 Å². The van der Waals surface area contributed by atoms with Crippen LogP contribution in [0.15, 0.2) is 18.2 Å². The Bertz CT molecular complexity index is 749. The van der Waals surface area contributed by atoms with Gasteiger partial charge in [-0.05, 0) is 43.9 Å². The molecule has 138 valence electrons. The van der Waals surface area contributed by atoms with Crippen molar-refractivity contribution in [1.29, 1.82) is 0 Å². The van der Waals surface area contributed by atoms with E-state index in [1.54, 1.807) is 25.1 Å². The lowest BCUT2D eigenvalue weighted by Crippen LogP contribution is -2.49. The maximum absolute atomic E-state index is 12.5. The molecule has 3 rings (SSSR count). The van der Waals surface area contributed by atoms with Crippen LogP contribution in [-0.4, -0.2) is 50.0 Å². The number of carbonyl (C=O) groups is 1. The lowest BCUT2D eigenvalue weighted by atomic mass is 9.86. The summed E-state index contributed by atoms with van der Waals surface area (Å²) in [5.41, 5.74) is 0.512. The molecule has 2 aliphatic rings. The van der Waals surface area contributed by atoms with Crippen molar-refractivity contribution in [3.63, 3.8) is 0 Å². The van der Waals surface area contributed by atoms with Crippen LogP contribution >= 0.6 is 11.6 Å². The molecule has 2 amide bonds. The van der Waals surface area contributed by atoms with Crippen molar-refractivity contribution in [3.8, 4) is 5.75 Å². The van der Waals surface area contributed by atoms with Crippen LogP contribution in [0.1, 0.15) is 26.2 Å². The monoisotopic (exact) mass is 386 g/mol. The van der Waals surface area contributed by atoms with E-state index < -0.39 is 15.1 Å². The molecule has 0 radical (unpaired) electrons. The fourth-order valence-electron chi connectivity index (χ4n) is 2.93. The van der Waals surface area contributed by atoms with E-state index in [4.69, 9.17) is 16.3 Å². The lowest BCUT2D eigenvalue weighted by Gasteiger charge is -2.31. The van der Waals surface area contributed by atoms with Gasteiger partial charge in [0.05, 0.1) is 23.3 Å². The predicted octanol–water partition coefficient (Wildman–Crippen LogP) is 3.17. The molecule has 1 unspecified atom stereocenters. The fraction of sp³-hybridized carbons (Fsp3) is 0.588. The van der Waals surface area contributed by atoms with Crippen molar-refractivity contribution in [3.05, 3.63) is 23.2 Å². The molecule has 0 spiro atoms. The third kappa shape index (κ3) is 4.39. The zero-order valence-corrected chi connectivity index (χ0v) is 15.8. The standard InChI is InChI=1S/C17H23ClN2O4S/c1-12-10-20(7-8-25(12,22)23)17(21)19-15-9-14(18)5-6-16(15)24-11-13-3-2-4-13/h5-6,9,12-13H,2-4,7-8,10-11H2,1H3,(H,19,21). The first kappa shape index (κ1) is 18.3. The SMILES string of the molecule is CC1CN(C(=O)Nc2cc(Cl)ccc2OCC2CCC2)CCS1(=O)=O. The zero-order valence-electron chi connectivity index (χ0n) is 14.2. The quantitative estimate of drug-likeness (QED) is 0.862. The molecule has 1 aromatic carbocycles. The topological polar surface area (TPSA) is 75.7 Å². The number of rotatable bonds is 4. The number of nitrogens with one attached hydrogen (secondary N) is 1. The third-order valence-corrected chi connectivity index (χ3v) is 7.27. The van der Waals surface area contributed by atoms with Gasteiger partial charge < -0.3 is 15.0 Å². The molecule has 1 N–H and O–H groups in total. The minimum Gasteiger partial charge on any atom is -0.491 e. The van der Waals surface area contributed by atoms with Gasteiger partial charge in [0.2, 0.25) is 0 Å². The highest BCUT2D eigenvalue weighted by molar-refractivity contribution is 7.92. The summed E-state index contributed by atoms with van der Waals surface area (Å²) in [5, 5.41) is 2.76. The van der Waals surface area contributed by atoms with E-state index in [0.717, 1.165) is 0 Å². The largest absolute Gasteiger partial charge is 0.491 e. The number of amides is 2. The van der Waals surface area contributed by atoms with Gasteiger partial charge >= 0.3 is 6.03 Å². The van der Waals surface area contributed by atoms with Crippen molar-refractivity contribution >= 4 is 33.2 Å². The molecule has 1 saturated carbocycles. The maximum Gasteiger partial charge on any atom is 0.322 e. The van der Waals surface area contributed by atoms with E-state index in [2.05, 4.69) is 5.32 Å². The molecular formula is C17H23ClN2O4S. The molecule has 1 aromatic rings. The van der Waals surface area contributed by atoms with E-state index >= 15 is 0 Å². The molecule has 1 aliphatic carbocycles. The Labute approximate surface area is 153 Å². The molecule has 6 nitrogen and oxygen atoms in total. The highest BCUT2D eigenvalue weighted by atomic mass is 35.5. The second-order valence-electron chi connectivity index (χ2n) is 6.80. The van der Waals surface area contributed by atoms with Gasteiger partial charge in [-0.25, -0.2) is 13.2 Å². The van der Waals surface area contributed by atoms with Crippen molar-refractivity contribution in [1.82, 2.24) is 4.90 Å². The minimum absolute atomic E-state index is 0.0117. The molecule has 1 heterocycles. The third-order valence-electron chi connectivity index (χ3n) is 4.91. The number of halogens is 1. The highest BCUT2D eigenvalue weighted by Gasteiger charge is 2.32. The van der Waals surface area contributed by atoms with Crippen LogP contribution < -0.4 is 10.1 Å². The average molecular weight is 387 g/mol. The summed E-state index contributed by atoms with van der Waals surface area (Å²) in [6.45, 7) is 2.63. The second-order valence-corrected chi connectivity index (χ2v) is 9.78. The van der Waals surface area contributed by atoms with Gasteiger partial charge in [0.25, 0.3) is 0 Å². The predicted molar refractivity (Wildman–Crippen MR) is 98.1 cm³/mol. The number of benzene rings is 1. The Morgan fingerprint density at radius 3 is 2.80 bits per heavy atom. The van der Waals surface area contributed by atoms with Crippen LogP contribution in [0.5, 0.6) is 5.75 Å². The molecule has 1 atom stereocenters. The molecule has 2 fully saturated rings. The van der Waals surface area contributed by atoms with E-state index in [9.17, 15) is 13.2 Å². The van der Waals surface area contributed by atoms with Crippen LogP contribution in [0.3, 0.4) is 0 Å². The summed E-state index contributed by atoms with van der Waals surface area (Å²) in [6.07, 6.45) is 3.60. The first-order valence-corrected chi connectivity index (χ1v) is 10.6. The number of carbonyl (C=O) groups excluding carboxylic acids is 1. The number of hydrogen-bond donors (Lipinski definition) is 1. The number of sulfone groups is 1. The summed E-state index contributed by atoms with van der Waals surface area (Å²) in [5.74, 6) is 1.15. The van der Waals surface area contributed by atoms with E-state index in [-0.39, 0.29) is 24.9 Å². The number of ether oxygens (including phenoxy) is 1. The van der Waals surface area contributed by atoms with Crippen molar-refractivity contribution < 1.29 is 17.9 Å². The molecule has 1 saturated heterocycles. The lowest BCUT2D eigenvalue weighted by molar-refractivity contribution is 0.181. The van der Waals surface area contributed by atoms with Crippen molar-refractivity contribution in [2.75, 3.05) is 30.8 Å². The Morgan fingerprint density at radius 2 is 2.16 bits per heavy atom. The number of urea groups is 1. The number of hydrogen-bond acceptors (Lipinski definition) is 4. The van der Waals surface area contributed by atoms with E-state index in [0.29, 0.717) is 29.0 Å². The molecular weight excluding hydrogens is 364 g/mol. The second kappa shape index (κ2) is 7.41. The summed E-state index contributed by atoms with van der Waals surface area (Å²) in [7, 11) is -3.10. The minimum atomic E-state index is -3.10. The van der Waals surface area contributed by atoms with Crippen LogP contribution in [0.4, 0.5) is 10.5 Å². The van der Waals surface area contributed by atoms with Crippen LogP contribution in [0, 0.1) is 5.92 Å². The zero-order chi connectivity index (χ0) is 18.0. The molecule has 1 aliphatic heterocycles. The van der Waals surface area contributed by atoms with Gasteiger partial charge in [-0.1, -0.05) is 18.0 Å². The van der Waals surface area contributed by atoms with Gasteiger partial charge in [-0.3, -0.25) is 0 Å². The smallest absolute Gasteiger partial charge is 0.322 e. The van der Waals surface area contributed by atoms with Crippen LogP contribution in [0.2, 0.25) is 5.02 Å². The molecule has 25 heavy (non-hydrogen) atoms. The first-order chi connectivity index (χ1) is 11.8. The van der Waals surface area contributed by atoms with Gasteiger partial charge in [0, 0.05) is 18.1 Å². The summed E-state index contributed by atoms with van der Waals surface area (Å²) in [4.78, 5) is 14.0. The van der Waals surface area contributed by atoms with Crippen LogP contribution in [0.25, 0.3) is 0 Å². The van der Waals surface area contributed by atoms with Gasteiger partial charge in [-0.15, -0.1) is 0 Å². The van der Waals surface area contributed by atoms with Gasteiger partial charge in [-0.2, -0.15) is 0 Å². The fourth-order valence-corrected chi connectivity index (χ4v) is 4.38. The van der Waals surface area contributed by atoms with Crippen molar-refractivity contribution in [2.24, 2.45) is 5.92 Å². The Morgan fingerprint density at radius 1 is 1.40 bits per heavy atom. The first-order valence-electron chi connectivity index (χ1n) is 8.55. The highest BCUT2D eigenvalue weighted by Crippen LogP contribution is 2.32. The number of nitrogens with zero attached hydrogens (tertiary/aromatic N) is 1. The van der Waals surface area contributed by atoms with E-state index in [1.807, 2.05) is 0 Å². The van der Waals surface area contributed by atoms with Crippen molar-refractivity contribution in [2.45, 2.75) is 31.4 Å².